The highest BCUT2D eigenvalue weighted by Gasteiger charge is 2.59. The van der Waals surface area contributed by atoms with Crippen molar-refractivity contribution >= 4 is 11.4 Å². The van der Waals surface area contributed by atoms with Crippen LogP contribution >= 0.6 is 0 Å². The van der Waals surface area contributed by atoms with Gasteiger partial charge in [0.25, 0.3) is 0 Å². The van der Waals surface area contributed by atoms with Crippen molar-refractivity contribution in [3.05, 3.63) is 54.6 Å². The maximum absolute atomic E-state index is 11.9. The third-order valence-electron chi connectivity index (χ3n) is 16.9. The van der Waals surface area contributed by atoms with Crippen LogP contribution in [0, 0.1) is 0 Å². The summed E-state index contributed by atoms with van der Waals surface area (Å²) in [6, 6.07) is 14.8. The summed E-state index contributed by atoms with van der Waals surface area (Å²) in [5, 5.41) is 233. The summed E-state index contributed by atoms with van der Waals surface area (Å²) in [7, 11) is 0. The highest BCUT2D eigenvalue weighted by molar-refractivity contribution is 5.42. The molecule has 0 saturated carbocycles. The molecule has 21 saturated heterocycles. The summed E-state index contributed by atoms with van der Waals surface area (Å²) in [6.45, 7) is -6.96. The molecule has 0 aliphatic carbocycles. The standard InChI is InChI=1S/C54H78N2O35/c57-10-20-41-28(64)35(71)49(79-20)87-43-22(12-59)81-51(37(73)30(43)66)89-45-24(14-61)83-53(39(75)32(45)68)91-47-26(16-77-19-8-6-18(7-9-19)56-55-17-4-2-1-3-5-17)84-54(40(76)33(47)69)90-46-25(15-62)82-52(38(74)31(46)67)88-44-23(13-60)80-50(36(72)29(44)65)86-42-21(11-58)78-48(85-41)34(70)27(42)63/h1-9,20-54,57-76H,10-16H2/t20-,21-,22-,23-,24-,25-,26-,27-,28-,29-,30-,31-,32-,33-,34-,35-,36-,37-,38-,39-,40-,41-,42-,43-,44-,45-,46-,47-,48-,49-,50-,51-,52-,53-,54-/m1/s1. The van der Waals surface area contributed by atoms with Gasteiger partial charge in [-0.3, -0.25) is 0 Å². The van der Waals surface area contributed by atoms with Gasteiger partial charge in [0, 0.05) is 0 Å². The second-order valence-corrected chi connectivity index (χ2v) is 22.8. The van der Waals surface area contributed by atoms with Crippen molar-refractivity contribution in [1.29, 1.82) is 0 Å². The first kappa shape index (κ1) is 70.3. The van der Waals surface area contributed by atoms with Crippen LogP contribution in [0.25, 0.3) is 0 Å². The van der Waals surface area contributed by atoms with E-state index < -0.39 is 261 Å². The van der Waals surface area contributed by atoms with E-state index in [1.807, 2.05) is 0 Å². The number of hydrogen-bond acceptors (Lipinski definition) is 37. The number of hydrogen-bond donors (Lipinski definition) is 20. The molecule has 0 radical (unpaired) electrons. The van der Waals surface area contributed by atoms with Crippen molar-refractivity contribution in [3.8, 4) is 5.75 Å². The van der Waals surface area contributed by atoms with Crippen molar-refractivity contribution < 1.29 is 173 Å². The Labute approximate surface area is 515 Å². The summed E-state index contributed by atoms with van der Waals surface area (Å²) in [5.41, 5.74) is 0.957. The van der Waals surface area contributed by atoms with E-state index in [0.29, 0.717) is 11.4 Å². The van der Waals surface area contributed by atoms with Crippen LogP contribution in [0.4, 0.5) is 11.4 Å². The van der Waals surface area contributed by atoms with Crippen LogP contribution in [0.1, 0.15) is 0 Å². The number of aliphatic hydroxyl groups is 20. The molecule has 35 atom stereocenters. The molecule has 21 aliphatic heterocycles. The molecule has 21 fully saturated rings. The molecule has 514 valence electrons. The van der Waals surface area contributed by atoms with E-state index in [0.717, 1.165) is 0 Å². The van der Waals surface area contributed by atoms with Gasteiger partial charge in [0.15, 0.2) is 44.0 Å². The number of azo groups is 1. The molecule has 14 bridgehead atoms. The number of ether oxygens (including phenoxy) is 15. The van der Waals surface area contributed by atoms with Gasteiger partial charge in [0.05, 0.1) is 51.0 Å². The normalized spacial score (nSPS) is 48.6. The van der Waals surface area contributed by atoms with E-state index in [1.54, 1.807) is 30.3 Å². The maximum atomic E-state index is 11.9. The Morgan fingerprint density at radius 3 is 0.692 bits per heavy atom. The van der Waals surface area contributed by atoms with Gasteiger partial charge in [-0.15, -0.1) is 0 Å². The second-order valence-electron chi connectivity index (χ2n) is 22.8. The van der Waals surface area contributed by atoms with Gasteiger partial charge < -0.3 is 173 Å². The monoisotopic (exact) mass is 1310 g/mol. The number of rotatable bonds is 11. The summed E-state index contributed by atoms with van der Waals surface area (Å²) in [4.78, 5) is 0. The van der Waals surface area contributed by atoms with Crippen LogP contribution in [0.2, 0.25) is 0 Å². The van der Waals surface area contributed by atoms with Gasteiger partial charge in [-0.25, -0.2) is 0 Å². The highest BCUT2D eigenvalue weighted by atomic mass is 16.8. The third-order valence-corrected chi connectivity index (χ3v) is 16.9. The van der Waals surface area contributed by atoms with E-state index >= 15 is 0 Å². The fourth-order valence-corrected chi connectivity index (χ4v) is 11.8. The number of benzene rings is 2. The van der Waals surface area contributed by atoms with Gasteiger partial charge >= 0.3 is 0 Å². The summed E-state index contributed by atoms with van der Waals surface area (Å²) in [5.74, 6) is 0.147. The molecule has 2 aromatic rings. The first-order valence-electron chi connectivity index (χ1n) is 29.2. The topological polar surface area (TPSA) is 568 Å². The second kappa shape index (κ2) is 30.7. The first-order chi connectivity index (χ1) is 43.6. The predicted octanol–water partition coefficient (Wildman–Crippen LogP) is -10.7. The Morgan fingerprint density at radius 2 is 0.462 bits per heavy atom. The maximum Gasteiger partial charge on any atom is 0.187 e. The summed E-state index contributed by atoms with van der Waals surface area (Å²) < 4.78 is 87.5. The molecule has 21 aliphatic rings. The van der Waals surface area contributed by atoms with Gasteiger partial charge in [0.1, 0.15) is 183 Å². The van der Waals surface area contributed by atoms with E-state index in [4.69, 9.17) is 71.1 Å². The molecular formula is C54H78N2O35. The Bertz CT molecular complexity index is 2580. The van der Waals surface area contributed by atoms with E-state index in [2.05, 4.69) is 10.2 Å². The molecule has 0 aromatic heterocycles. The highest BCUT2D eigenvalue weighted by Crippen LogP contribution is 2.39. The molecule has 0 amide bonds. The Balaban J connectivity index is 0.939. The van der Waals surface area contributed by atoms with Gasteiger partial charge in [-0.2, -0.15) is 10.2 Å². The Hall–Kier alpha value is -3.52. The van der Waals surface area contributed by atoms with Crippen LogP contribution in [0.3, 0.4) is 0 Å². The SMILES string of the molecule is OC[C@H]1O[C@@H]2O[C@H]3[C@H](O)[C@@H](O)[C@@H](O[C@H]4[C@H](O)[C@@H](O)[C@@H](O[C@H]5[C@H](O)[C@@H](O)[C@@H](O[C@H]6[C@H](O)[C@@H](O)[C@@H](O[C@H]7[C@H](O)[C@@H](O)[C@@H](O[C@H]8[C@H](O)[C@@H](O)[C@@H](O[C@H]1[C@H](O)[C@H]2O)O[C@@H]8CO)O[C@@H]7CO)O[C@@H]6CO)O[C@@H]5COc1ccc(N=Nc2ccccc2)cc1)O[C@@H]4CO)O[C@@H]3CO. The zero-order valence-electron chi connectivity index (χ0n) is 47.8. The Morgan fingerprint density at radius 1 is 0.253 bits per heavy atom. The van der Waals surface area contributed by atoms with Crippen molar-refractivity contribution in [1.82, 2.24) is 0 Å². The Kier molecular flexibility index (Phi) is 23.7. The molecule has 23 rings (SSSR count). The lowest BCUT2D eigenvalue weighted by molar-refractivity contribution is -0.396. The molecule has 2 aromatic carbocycles. The zero-order chi connectivity index (χ0) is 65.3. The third kappa shape index (κ3) is 14.8. The van der Waals surface area contributed by atoms with Crippen LogP contribution in [-0.4, -0.2) is 363 Å². The van der Waals surface area contributed by atoms with Crippen molar-refractivity contribution in [2.24, 2.45) is 10.2 Å². The van der Waals surface area contributed by atoms with E-state index in [1.165, 1.54) is 24.3 Å². The molecular weight excluding hydrogens is 1240 g/mol. The lowest BCUT2D eigenvalue weighted by Crippen LogP contribution is -2.68. The fourth-order valence-electron chi connectivity index (χ4n) is 11.8. The minimum absolute atomic E-state index is 0.147. The van der Waals surface area contributed by atoms with Crippen molar-refractivity contribution in [3.63, 3.8) is 0 Å². The lowest BCUT2D eigenvalue weighted by Gasteiger charge is -2.50. The lowest BCUT2D eigenvalue weighted by atomic mass is 9.95. The van der Waals surface area contributed by atoms with Crippen LogP contribution in [0.15, 0.2) is 64.8 Å². The van der Waals surface area contributed by atoms with Gasteiger partial charge in [0.2, 0.25) is 0 Å². The predicted molar refractivity (Wildman–Crippen MR) is 284 cm³/mol. The number of nitrogens with zero attached hydrogens (tertiary/aromatic N) is 2. The van der Waals surface area contributed by atoms with Crippen molar-refractivity contribution in [2.75, 3.05) is 46.2 Å². The number of aliphatic hydroxyl groups excluding tert-OH is 20. The largest absolute Gasteiger partial charge is 0.491 e. The van der Waals surface area contributed by atoms with Crippen LogP contribution in [-0.2, 0) is 66.3 Å². The molecule has 21 heterocycles. The van der Waals surface area contributed by atoms with E-state index in [-0.39, 0.29) is 5.75 Å². The fraction of sp³-hybridized carbons (Fsp3) is 0.778. The smallest absolute Gasteiger partial charge is 0.187 e. The molecule has 20 N–H and O–H groups in total. The van der Waals surface area contributed by atoms with E-state index in [9.17, 15) is 102 Å². The summed E-state index contributed by atoms with van der Waals surface area (Å²) in [6.07, 6.45) is -70.7. The minimum Gasteiger partial charge on any atom is -0.491 e. The van der Waals surface area contributed by atoms with Crippen molar-refractivity contribution in [2.45, 2.75) is 215 Å². The van der Waals surface area contributed by atoms with Crippen LogP contribution in [0.5, 0.6) is 5.75 Å². The van der Waals surface area contributed by atoms with Gasteiger partial charge in [-0.05, 0) is 36.4 Å². The molecule has 37 heteroatoms. The molecule has 37 nitrogen and oxygen atoms in total. The summed E-state index contributed by atoms with van der Waals surface area (Å²) >= 11 is 0. The average Bonchev–Trinajstić information content (AvgIpc) is 1.16. The zero-order valence-corrected chi connectivity index (χ0v) is 47.8. The molecule has 0 unspecified atom stereocenters. The van der Waals surface area contributed by atoms with Gasteiger partial charge in [-0.1, -0.05) is 18.2 Å². The molecule has 91 heavy (non-hydrogen) atoms. The van der Waals surface area contributed by atoms with Crippen LogP contribution < -0.4 is 4.74 Å². The molecule has 0 spiro atoms. The first-order valence-corrected chi connectivity index (χ1v) is 29.2. The quantitative estimate of drug-likeness (QED) is 0.0929. The minimum atomic E-state index is -2.23. The average molecular weight is 1320 g/mol.